The number of benzene rings is 3. The van der Waals surface area contributed by atoms with Gasteiger partial charge in [-0.05, 0) is 53.3 Å². The number of imide groups is 1. The van der Waals surface area contributed by atoms with Crippen molar-refractivity contribution in [1.29, 1.82) is 0 Å². The number of thiazole rings is 1. The molecule has 45 heavy (non-hydrogen) atoms. The number of nitrogens with zero attached hydrogens (tertiary/aromatic N) is 1. The van der Waals surface area contributed by atoms with E-state index in [1.165, 1.54) is 11.3 Å². The van der Waals surface area contributed by atoms with E-state index < -0.39 is 24.3 Å². The third-order valence-electron chi connectivity index (χ3n) is 9.78. The number of thioether (sulfide) groups is 1. The summed E-state index contributed by atoms with van der Waals surface area (Å²) < 4.78 is 5.82. The molecule has 2 saturated carbocycles. The molecule has 2 aliphatic heterocycles. The van der Waals surface area contributed by atoms with Crippen molar-refractivity contribution in [2.45, 2.75) is 22.6 Å². The summed E-state index contributed by atoms with van der Waals surface area (Å²) in [4.78, 5) is 67.9. The number of anilines is 1. The number of fused-ring (bicyclic) bond motifs is 10. The Labute approximate surface area is 264 Å². The molecule has 4 aliphatic rings. The van der Waals surface area contributed by atoms with Crippen LogP contribution in [-0.4, -0.2) is 57.1 Å². The molecule has 6 unspecified atom stereocenters. The molecular weight excluding hydrogens is 615 g/mol. The lowest BCUT2D eigenvalue weighted by Gasteiger charge is -2.43. The normalized spacial score (nSPS) is 27.7. The van der Waals surface area contributed by atoms with Gasteiger partial charge in [-0.25, -0.2) is 0 Å². The van der Waals surface area contributed by atoms with E-state index in [9.17, 15) is 29.1 Å². The smallest absolute Gasteiger partial charge is 0.323 e. The minimum Gasteiger partial charge on any atom is -0.484 e. The summed E-state index contributed by atoms with van der Waals surface area (Å²) in [7, 11) is 0. The minimum atomic E-state index is -1.21. The summed E-state index contributed by atoms with van der Waals surface area (Å²) in [6.45, 7) is -0.787. The topological polar surface area (TPSA) is 146 Å². The van der Waals surface area contributed by atoms with Gasteiger partial charge in [0.25, 0.3) is 5.91 Å². The molecule has 2 bridgehead atoms. The van der Waals surface area contributed by atoms with Crippen LogP contribution in [0.3, 0.4) is 0 Å². The summed E-state index contributed by atoms with van der Waals surface area (Å²) in [6.07, 6.45) is 0.721. The van der Waals surface area contributed by atoms with Crippen molar-refractivity contribution in [3.63, 3.8) is 0 Å². The van der Waals surface area contributed by atoms with Crippen LogP contribution in [-0.2, 0) is 19.2 Å². The fraction of sp³-hybridized carbons (Fsp3) is 0.303. The Morgan fingerprint density at radius 1 is 0.956 bits per heavy atom. The average molecular weight is 642 g/mol. The Morgan fingerprint density at radius 3 is 2.47 bits per heavy atom. The summed E-state index contributed by atoms with van der Waals surface area (Å²) in [6, 6.07) is 21.0. The van der Waals surface area contributed by atoms with Gasteiger partial charge in [0.2, 0.25) is 11.8 Å². The second-order valence-electron chi connectivity index (χ2n) is 12.0. The number of nitrogens with one attached hydrogen (secondary N) is 2. The van der Waals surface area contributed by atoms with E-state index in [2.05, 4.69) is 10.3 Å². The van der Waals surface area contributed by atoms with Gasteiger partial charge in [-0.3, -0.25) is 28.9 Å². The number of carbonyl (C=O) groups is 4. The number of carboxylic acid groups (broad SMARTS) is 1. The van der Waals surface area contributed by atoms with Crippen molar-refractivity contribution < 1.29 is 29.0 Å². The molecule has 3 N–H and O–H groups in total. The third-order valence-corrected chi connectivity index (χ3v) is 12.4. The number of amides is 3. The van der Waals surface area contributed by atoms with Crippen LogP contribution in [0.5, 0.6) is 5.75 Å². The summed E-state index contributed by atoms with van der Waals surface area (Å²) >= 11 is 2.75. The number of carboxylic acids is 1. The van der Waals surface area contributed by atoms with Crippen LogP contribution in [0.25, 0.3) is 10.8 Å². The largest absolute Gasteiger partial charge is 0.484 e. The van der Waals surface area contributed by atoms with Crippen molar-refractivity contribution in [2.24, 2.45) is 29.6 Å². The molecule has 10 nitrogen and oxygen atoms in total. The highest BCUT2D eigenvalue weighted by atomic mass is 32.2. The van der Waals surface area contributed by atoms with E-state index in [-0.39, 0.29) is 58.1 Å². The maximum atomic E-state index is 13.4. The first kappa shape index (κ1) is 28.1. The molecule has 12 heteroatoms. The molecule has 1 aromatic heterocycles. The first-order chi connectivity index (χ1) is 21.8. The molecule has 3 heterocycles. The highest BCUT2D eigenvalue weighted by molar-refractivity contribution is 8.00. The lowest BCUT2D eigenvalue weighted by molar-refractivity contribution is -0.149. The second kappa shape index (κ2) is 10.6. The van der Waals surface area contributed by atoms with E-state index in [4.69, 9.17) is 4.74 Å². The number of likely N-dealkylation sites (tertiary alicyclic amines) is 1. The number of aromatic amines is 1. The molecule has 0 radical (unpaired) electrons. The van der Waals surface area contributed by atoms with Gasteiger partial charge in [0, 0.05) is 27.1 Å². The predicted molar refractivity (Wildman–Crippen MR) is 167 cm³/mol. The maximum Gasteiger partial charge on any atom is 0.323 e. The molecule has 4 aromatic rings. The van der Waals surface area contributed by atoms with Crippen LogP contribution in [0.15, 0.2) is 76.6 Å². The molecule has 228 valence electrons. The fourth-order valence-corrected chi connectivity index (χ4v) is 11.1. The van der Waals surface area contributed by atoms with Gasteiger partial charge in [0.1, 0.15) is 12.3 Å². The Balaban J connectivity index is 1.03. The third kappa shape index (κ3) is 4.49. The predicted octanol–water partition coefficient (Wildman–Crippen LogP) is 4.17. The number of ether oxygens (including phenoxy) is 1. The van der Waals surface area contributed by atoms with Gasteiger partial charge in [-0.1, -0.05) is 59.9 Å². The molecular formula is C33H27N3O7S2. The zero-order valence-electron chi connectivity index (χ0n) is 23.7. The van der Waals surface area contributed by atoms with Crippen LogP contribution < -0.4 is 14.9 Å². The number of hydrogen-bond acceptors (Lipinski definition) is 8. The number of H-pyrrole nitrogens is 1. The van der Waals surface area contributed by atoms with Crippen LogP contribution in [0.2, 0.25) is 0 Å². The Morgan fingerprint density at radius 2 is 1.69 bits per heavy atom. The first-order valence-corrected chi connectivity index (χ1v) is 16.4. The number of hydrogen-bond donors (Lipinski definition) is 3. The van der Waals surface area contributed by atoms with Crippen LogP contribution in [0.1, 0.15) is 22.8 Å². The van der Waals surface area contributed by atoms with E-state index in [0.717, 1.165) is 37.6 Å². The Hall–Kier alpha value is -4.42. The van der Waals surface area contributed by atoms with Crippen LogP contribution >= 0.6 is 23.1 Å². The minimum absolute atomic E-state index is 0.0000282. The van der Waals surface area contributed by atoms with Crippen molar-refractivity contribution >= 4 is 63.2 Å². The maximum absolute atomic E-state index is 13.4. The number of rotatable bonds is 7. The summed E-state index contributed by atoms with van der Waals surface area (Å²) in [5, 5.41) is 15.0. The van der Waals surface area contributed by atoms with Gasteiger partial charge in [-0.2, -0.15) is 0 Å². The molecule has 7 atom stereocenters. The first-order valence-electron chi connectivity index (χ1n) is 14.8. The molecule has 1 saturated heterocycles. The van der Waals surface area contributed by atoms with Gasteiger partial charge in [-0.15, -0.1) is 11.8 Å². The lowest BCUT2D eigenvalue weighted by atomic mass is 9.68. The zero-order valence-corrected chi connectivity index (χ0v) is 25.3. The molecule has 3 amide bonds. The second-order valence-corrected chi connectivity index (χ2v) is 14.3. The number of aromatic nitrogens is 1. The molecule has 0 spiro atoms. The molecule has 3 aromatic carbocycles. The highest BCUT2D eigenvalue weighted by Gasteiger charge is 2.69. The summed E-state index contributed by atoms with van der Waals surface area (Å²) in [5.41, 5.74) is 1.67. The molecule has 3 fully saturated rings. The van der Waals surface area contributed by atoms with E-state index in [1.54, 1.807) is 23.9 Å². The van der Waals surface area contributed by atoms with Crippen molar-refractivity contribution in [3.8, 4) is 5.75 Å². The quantitative estimate of drug-likeness (QED) is 0.255. The summed E-state index contributed by atoms with van der Waals surface area (Å²) in [5.74, 6) is -3.15. The van der Waals surface area contributed by atoms with Crippen LogP contribution in [0.4, 0.5) is 5.69 Å². The van der Waals surface area contributed by atoms with E-state index in [0.29, 0.717) is 11.4 Å². The van der Waals surface area contributed by atoms with Gasteiger partial charge in [0.05, 0.1) is 16.9 Å². The monoisotopic (exact) mass is 641 g/mol. The Kier molecular flexibility index (Phi) is 6.61. The molecule has 8 rings (SSSR count). The van der Waals surface area contributed by atoms with E-state index >= 15 is 0 Å². The van der Waals surface area contributed by atoms with Crippen LogP contribution in [0, 0.1) is 29.6 Å². The molecule has 2 aliphatic carbocycles. The van der Waals surface area contributed by atoms with E-state index in [1.807, 2.05) is 54.6 Å². The fourth-order valence-electron chi connectivity index (χ4n) is 8.18. The van der Waals surface area contributed by atoms with Gasteiger partial charge in [0.15, 0.2) is 6.61 Å². The van der Waals surface area contributed by atoms with Crippen molar-refractivity contribution in [3.05, 3.63) is 86.8 Å². The number of aliphatic carboxylic acids is 1. The Bertz CT molecular complexity index is 1950. The SMILES string of the molecule is O=C(O)CN1C(=O)C2C3CC(C2C1=O)C1C3Sc2[nH]c(=O)sc2[C@@H]1c1ccc(OCC(=O)Nc2cccc3ccccc23)cc1. The zero-order chi connectivity index (χ0) is 31.0. The lowest BCUT2D eigenvalue weighted by Crippen LogP contribution is -2.42. The van der Waals surface area contributed by atoms with Gasteiger partial charge >= 0.3 is 10.8 Å². The van der Waals surface area contributed by atoms with Gasteiger partial charge < -0.3 is 20.1 Å². The average Bonchev–Trinajstić information content (AvgIpc) is 3.76. The standard InChI is InChI=1S/C33H27N3O7S2/c37-22(34-21-7-3-5-15-4-1-2-6-18(15)21)14-43-17-10-8-16(9-11-17)24-25-19-12-20(28(25)44-30-29(24)45-33(42)35-30)27-26(19)31(40)36(32(27)41)13-23(38)39/h1-11,19-20,24-28H,12-14H2,(H,34,37)(H,35,42)(H,38,39)/t19?,20?,24-,25?,26?,27?,28?/m1/s1. The number of carbonyl (C=O) groups excluding carboxylic acids is 3. The highest BCUT2D eigenvalue weighted by Crippen LogP contribution is 2.68. The van der Waals surface area contributed by atoms with Crippen molar-refractivity contribution in [1.82, 2.24) is 9.88 Å². The van der Waals surface area contributed by atoms with Crippen molar-refractivity contribution in [2.75, 3.05) is 18.5 Å².